The van der Waals surface area contributed by atoms with Crippen LogP contribution in [0, 0.1) is 0 Å². The average molecular weight is 506 g/mol. The van der Waals surface area contributed by atoms with E-state index in [0.29, 0.717) is 11.6 Å². The van der Waals surface area contributed by atoms with Crippen LogP contribution in [0.25, 0.3) is 0 Å². The fraction of sp³-hybridized carbons (Fsp3) is 0.348. The molecule has 1 unspecified atom stereocenters. The molecule has 1 N–H and O–H groups in total. The Kier molecular flexibility index (Phi) is 8.65. The first-order chi connectivity index (χ1) is 16.3. The highest BCUT2D eigenvalue weighted by atomic mass is 35.5. The van der Waals surface area contributed by atoms with E-state index >= 15 is 0 Å². The second-order valence-electron chi connectivity index (χ2n) is 7.42. The second kappa shape index (κ2) is 11.5. The van der Waals surface area contributed by atoms with Crippen LogP contribution in [0.5, 0.6) is 0 Å². The summed E-state index contributed by atoms with van der Waals surface area (Å²) in [5.41, 5.74) is 2.67. The summed E-state index contributed by atoms with van der Waals surface area (Å²) in [6.45, 7) is 3.53. The molecule has 0 saturated heterocycles. The van der Waals surface area contributed by atoms with Gasteiger partial charge in [-0.15, -0.1) is 0 Å². The molecule has 1 aliphatic rings. The van der Waals surface area contributed by atoms with Crippen LogP contribution in [-0.4, -0.2) is 68.7 Å². The van der Waals surface area contributed by atoms with E-state index in [1.165, 1.54) is 12.1 Å². The fourth-order valence-corrected chi connectivity index (χ4v) is 4.87. The van der Waals surface area contributed by atoms with E-state index in [1.54, 1.807) is 26.0 Å². The molecule has 0 amide bonds. The molecule has 0 aromatic heterocycles. The third kappa shape index (κ3) is 6.13. The summed E-state index contributed by atoms with van der Waals surface area (Å²) in [6, 6.07) is 17.2. The Morgan fingerprint density at radius 1 is 1.21 bits per heavy atom. The smallest absolute Gasteiger partial charge is 0.321 e. The molecular formula is C23H28ClN5O4S. The molecular weight excluding hydrogens is 478 g/mol. The van der Waals surface area contributed by atoms with Gasteiger partial charge >= 0.3 is 16.2 Å². The van der Waals surface area contributed by atoms with E-state index in [9.17, 15) is 13.2 Å². The summed E-state index contributed by atoms with van der Waals surface area (Å²) in [6.07, 6.45) is 0. The lowest BCUT2D eigenvalue weighted by Gasteiger charge is -2.24. The molecule has 182 valence electrons. The maximum atomic E-state index is 13.0. The SMILES string of the molecule is CCOC(=O)CN(CC)S(=O)(=O)NC(=NC)N1CC(c2ccccc2)C(c2ccc(Cl)cc2)=N1. The van der Waals surface area contributed by atoms with Gasteiger partial charge in [0.2, 0.25) is 5.96 Å². The Bertz CT molecular complexity index is 1150. The number of guanidine groups is 1. The number of benzene rings is 2. The van der Waals surface area contributed by atoms with E-state index in [1.807, 2.05) is 42.5 Å². The van der Waals surface area contributed by atoms with Crippen molar-refractivity contribution in [3.63, 3.8) is 0 Å². The third-order valence-corrected chi connectivity index (χ3v) is 7.00. The van der Waals surface area contributed by atoms with Gasteiger partial charge in [0.15, 0.2) is 0 Å². The van der Waals surface area contributed by atoms with E-state index in [4.69, 9.17) is 21.4 Å². The molecule has 34 heavy (non-hydrogen) atoms. The number of carbonyl (C=O) groups excluding carboxylic acids is 1. The Morgan fingerprint density at radius 3 is 2.47 bits per heavy atom. The molecule has 2 aromatic carbocycles. The second-order valence-corrected chi connectivity index (χ2v) is 9.53. The largest absolute Gasteiger partial charge is 0.465 e. The molecule has 0 fully saturated rings. The number of hydrogen-bond acceptors (Lipinski definition) is 6. The number of aliphatic imine (C=N–C) groups is 1. The van der Waals surface area contributed by atoms with Gasteiger partial charge in [0.1, 0.15) is 6.54 Å². The summed E-state index contributed by atoms with van der Waals surface area (Å²) in [4.78, 5) is 16.0. The first-order valence-corrected chi connectivity index (χ1v) is 12.7. The van der Waals surface area contributed by atoms with Crippen molar-refractivity contribution in [2.24, 2.45) is 10.1 Å². The normalized spacial score (nSPS) is 16.5. The molecule has 3 rings (SSSR count). The number of carbonyl (C=O) groups is 1. The minimum atomic E-state index is -4.08. The van der Waals surface area contributed by atoms with Gasteiger partial charge in [0.05, 0.1) is 18.9 Å². The van der Waals surface area contributed by atoms with Crippen molar-refractivity contribution in [3.05, 3.63) is 70.7 Å². The van der Waals surface area contributed by atoms with Crippen molar-refractivity contribution in [2.75, 3.05) is 33.3 Å². The number of hydrogen-bond donors (Lipinski definition) is 1. The number of nitrogens with one attached hydrogen (secondary N) is 1. The third-order valence-electron chi connectivity index (χ3n) is 5.24. The summed E-state index contributed by atoms with van der Waals surface area (Å²) >= 11 is 6.06. The molecule has 2 aromatic rings. The molecule has 0 radical (unpaired) electrons. The van der Waals surface area contributed by atoms with E-state index in [2.05, 4.69) is 9.71 Å². The van der Waals surface area contributed by atoms with Crippen molar-refractivity contribution >= 4 is 39.5 Å². The first-order valence-electron chi connectivity index (χ1n) is 10.9. The van der Waals surface area contributed by atoms with Gasteiger partial charge in [0.25, 0.3) is 0 Å². The molecule has 0 saturated carbocycles. The minimum Gasteiger partial charge on any atom is -0.465 e. The number of likely N-dealkylation sites (N-methyl/N-ethyl adjacent to an activating group) is 1. The Balaban J connectivity index is 1.89. The van der Waals surface area contributed by atoms with Crippen LogP contribution in [0.15, 0.2) is 64.7 Å². The van der Waals surface area contributed by atoms with Crippen LogP contribution in [0.2, 0.25) is 5.02 Å². The van der Waals surface area contributed by atoms with Gasteiger partial charge in [-0.3, -0.25) is 9.79 Å². The maximum absolute atomic E-state index is 13.0. The molecule has 0 bridgehead atoms. The topological polar surface area (TPSA) is 104 Å². The van der Waals surface area contributed by atoms with E-state index in [-0.39, 0.29) is 25.0 Å². The summed E-state index contributed by atoms with van der Waals surface area (Å²) in [7, 11) is -2.60. The standard InChI is InChI=1S/C23H28ClN5O4S/c1-4-28(16-21(30)33-5-2)34(31,32)27-23(25-3)29-15-20(17-9-7-6-8-10-17)22(26-29)18-11-13-19(24)14-12-18/h6-14,20H,4-5,15-16H2,1-3H3,(H,25,27). The number of hydrazone groups is 1. The summed E-state index contributed by atoms with van der Waals surface area (Å²) < 4.78 is 34.4. The highest BCUT2D eigenvalue weighted by Crippen LogP contribution is 2.29. The highest BCUT2D eigenvalue weighted by molar-refractivity contribution is 7.87. The van der Waals surface area contributed by atoms with Crippen molar-refractivity contribution < 1.29 is 17.9 Å². The highest BCUT2D eigenvalue weighted by Gasteiger charge is 2.34. The molecule has 9 nitrogen and oxygen atoms in total. The lowest BCUT2D eigenvalue weighted by atomic mass is 9.91. The van der Waals surface area contributed by atoms with Crippen molar-refractivity contribution in [2.45, 2.75) is 19.8 Å². The minimum absolute atomic E-state index is 0.0483. The quantitative estimate of drug-likeness (QED) is 0.337. The zero-order valence-electron chi connectivity index (χ0n) is 19.3. The van der Waals surface area contributed by atoms with Gasteiger partial charge in [-0.05, 0) is 30.2 Å². The van der Waals surface area contributed by atoms with Gasteiger partial charge in [-0.25, -0.2) is 9.73 Å². The van der Waals surface area contributed by atoms with Crippen LogP contribution >= 0.6 is 11.6 Å². The number of rotatable bonds is 8. The monoisotopic (exact) mass is 505 g/mol. The lowest BCUT2D eigenvalue weighted by Crippen LogP contribution is -2.49. The van der Waals surface area contributed by atoms with Gasteiger partial charge in [-0.2, -0.15) is 17.8 Å². The predicted molar refractivity (Wildman–Crippen MR) is 133 cm³/mol. The Morgan fingerprint density at radius 2 is 1.88 bits per heavy atom. The van der Waals surface area contributed by atoms with Crippen molar-refractivity contribution in [1.82, 2.24) is 14.0 Å². The van der Waals surface area contributed by atoms with Crippen molar-refractivity contribution in [1.29, 1.82) is 0 Å². The van der Waals surface area contributed by atoms with Gasteiger partial charge in [0, 0.05) is 24.5 Å². The zero-order chi connectivity index (χ0) is 24.7. The summed E-state index contributed by atoms with van der Waals surface area (Å²) in [5.74, 6) is -0.698. The van der Waals surface area contributed by atoms with Crippen LogP contribution < -0.4 is 4.72 Å². The Hall–Kier alpha value is -2.95. The molecule has 1 aliphatic heterocycles. The average Bonchev–Trinajstić information content (AvgIpc) is 3.27. The number of ether oxygens (including phenoxy) is 1. The van der Waals surface area contributed by atoms with Gasteiger partial charge in [-0.1, -0.05) is 61.0 Å². The summed E-state index contributed by atoms with van der Waals surface area (Å²) in [5, 5.41) is 6.85. The molecule has 1 heterocycles. The maximum Gasteiger partial charge on any atom is 0.321 e. The zero-order valence-corrected chi connectivity index (χ0v) is 20.9. The molecule has 0 spiro atoms. The first kappa shape index (κ1) is 25.7. The molecule has 1 atom stereocenters. The number of esters is 1. The fourth-order valence-electron chi connectivity index (χ4n) is 3.57. The van der Waals surface area contributed by atoms with E-state index < -0.39 is 22.7 Å². The number of halogens is 1. The molecule has 0 aliphatic carbocycles. The van der Waals surface area contributed by atoms with Crippen molar-refractivity contribution in [3.8, 4) is 0 Å². The van der Waals surface area contributed by atoms with Crippen LogP contribution in [0.1, 0.15) is 30.9 Å². The molecule has 11 heteroatoms. The number of nitrogens with zero attached hydrogens (tertiary/aromatic N) is 4. The van der Waals surface area contributed by atoms with Crippen LogP contribution in [0.3, 0.4) is 0 Å². The predicted octanol–water partition coefficient (Wildman–Crippen LogP) is 2.85. The Labute approximate surface area is 205 Å². The van der Waals surface area contributed by atoms with Crippen LogP contribution in [-0.2, 0) is 19.7 Å². The van der Waals surface area contributed by atoms with E-state index in [0.717, 1.165) is 21.1 Å². The van der Waals surface area contributed by atoms with Crippen LogP contribution in [0.4, 0.5) is 0 Å². The lowest BCUT2D eigenvalue weighted by molar-refractivity contribution is -0.143. The van der Waals surface area contributed by atoms with Gasteiger partial charge < -0.3 is 4.74 Å².